The van der Waals surface area contributed by atoms with E-state index in [2.05, 4.69) is 20.8 Å². The van der Waals surface area contributed by atoms with Crippen molar-refractivity contribution in [2.75, 3.05) is 16.4 Å². The molecule has 0 aliphatic carbocycles. The molecule has 2 amide bonds. The van der Waals surface area contributed by atoms with Gasteiger partial charge in [-0.25, -0.2) is 0 Å². The highest BCUT2D eigenvalue weighted by Gasteiger charge is 2.30. The average molecular weight is 452 g/mol. The Morgan fingerprint density at radius 2 is 1.63 bits per heavy atom. The van der Waals surface area contributed by atoms with Gasteiger partial charge in [0, 0.05) is 5.69 Å². The Morgan fingerprint density at radius 1 is 0.933 bits per heavy atom. The first kappa shape index (κ1) is 21.8. The van der Waals surface area contributed by atoms with Gasteiger partial charge in [0.25, 0.3) is 0 Å². The first-order chi connectivity index (χ1) is 14.3. The van der Waals surface area contributed by atoms with Crippen molar-refractivity contribution in [3.63, 3.8) is 0 Å². The summed E-state index contributed by atoms with van der Waals surface area (Å²) in [6, 6.07) is 13.4. The van der Waals surface area contributed by atoms with Crippen molar-refractivity contribution in [3.8, 4) is 0 Å². The molecular weight excluding hydrogens is 437 g/mol. The number of aromatic nitrogens is 2. The number of benzene rings is 2. The molecule has 0 bridgehead atoms. The number of rotatable bonds is 7. The lowest BCUT2D eigenvalue weighted by molar-refractivity contribution is -0.137. The second kappa shape index (κ2) is 9.72. The Bertz CT molecular complexity index is 1010. The number of nitrogens with one attached hydrogen (secondary N) is 2. The summed E-state index contributed by atoms with van der Waals surface area (Å²) in [5, 5.41) is 13.3. The van der Waals surface area contributed by atoms with Crippen LogP contribution in [0, 0.1) is 0 Å². The molecule has 0 aliphatic heterocycles. The zero-order valence-electron chi connectivity index (χ0n) is 15.3. The highest BCUT2D eigenvalue weighted by molar-refractivity contribution is 8.01. The predicted octanol–water partition coefficient (Wildman–Crippen LogP) is 4.47. The van der Waals surface area contributed by atoms with Gasteiger partial charge in [0.15, 0.2) is 4.34 Å². The van der Waals surface area contributed by atoms with Gasteiger partial charge in [-0.15, -0.1) is 10.2 Å². The van der Waals surface area contributed by atoms with Crippen LogP contribution >= 0.6 is 23.1 Å². The van der Waals surface area contributed by atoms with Gasteiger partial charge in [0.2, 0.25) is 16.9 Å². The van der Waals surface area contributed by atoms with Crippen molar-refractivity contribution in [2.45, 2.75) is 16.9 Å². The average Bonchev–Trinajstić information content (AvgIpc) is 3.14. The van der Waals surface area contributed by atoms with Crippen molar-refractivity contribution in [2.24, 2.45) is 0 Å². The topological polar surface area (TPSA) is 84.0 Å². The number of carbonyl (C=O) groups is 2. The molecule has 0 radical (unpaired) electrons. The van der Waals surface area contributed by atoms with E-state index in [-0.39, 0.29) is 23.8 Å². The van der Waals surface area contributed by atoms with Crippen LogP contribution in [0.5, 0.6) is 0 Å². The fourth-order valence-electron chi connectivity index (χ4n) is 2.33. The lowest BCUT2D eigenvalue weighted by atomic mass is 10.1. The third kappa shape index (κ3) is 6.56. The summed E-state index contributed by atoms with van der Waals surface area (Å²) < 4.78 is 38.1. The van der Waals surface area contributed by atoms with Gasteiger partial charge in [0.1, 0.15) is 0 Å². The van der Waals surface area contributed by atoms with Crippen LogP contribution in [-0.2, 0) is 22.2 Å². The maximum Gasteiger partial charge on any atom is 0.416 e. The van der Waals surface area contributed by atoms with Crippen molar-refractivity contribution in [3.05, 3.63) is 65.7 Å². The normalized spacial score (nSPS) is 11.2. The number of anilines is 2. The lowest BCUT2D eigenvalue weighted by Crippen LogP contribution is -2.14. The molecule has 0 unspecified atom stereocenters. The minimum absolute atomic E-state index is 0.00633. The lowest BCUT2D eigenvalue weighted by Gasteiger charge is -2.08. The zero-order valence-corrected chi connectivity index (χ0v) is 16.9. The van der Waals surface area contributed by atoms with E-state index in [4.69, 9.17) is 0 Å². The first-order valence-electron chi connectivity index (χ1n) is 8.57. The van der Waals surface area contributed by atoms with E-state index in [0.29, 0.717) is 9.47 Å². The maximum atomic E-state index is 12.6. The highest BCUT2D eigenvalue weighted by atomic mass is 32.2. The van der Waals surface area contributed by atoms with Crippen molar-refractivity contribution in [1.29, 1.82) is 0 Å². The van der Waals surface area contributed by atoms with Crippen LogP contribution in [0.3, 0.4) is 0 Å². The number of halogens is 3. The molecule has 0 saturated carbocycles. The molecule has 0 aliphatic rings. The summed E-state index contributed by atoms with van der Waals surface area (Å²) in [5.41, 5.74) is 0.347. The summed E-state index contributed by atoms with van der Waals surface area (Å²) in [6.07, 6.45) is -4.22. The van der Waals surface area contributed by atoms with Gasteiger partial charge in [-0.3, -0.25) is 9.59 Å². The second-order valence-corrected chi connectivity index (χ2v) is 8.20. The van der Waals surface area contributed by atoms with Gasteiger partial charge in [-0.2, -0.15) is 13.2 Å². The molecular formula is C19H15F3N4O2S2. The molecule has 1 heterocycles. The number of hydrogen-bond acceptors (Lipinski definition) is 6. The van der Waals surface area contributed by atoms with E-state index >= 15 is 0 Å². The molecule has 6 nitrogen and oxygen atoms in total. The van der Waals surface area contributed by atoms with Crippen LogP contribution in [0.4, 0.5) is 24.0 Å². The Kier molecular flexibility index (Phi) is 7.06. The number of amides is 2. The second-order valence-electron chi connectivity index (χ2n) is 6.00. The quantitative estimate of drug-likeness (QED) is 0.408. The standard InChI is InChI=1S/C19H15F3N4O2S2/c20-19(21,22)13-6-8-14(9-7-13)23-16(28)11-29-18-26-25-17(30-18)24-15(27)10-12-4-2-1-3-5-12/h1-9H,10-11H2,(H,23,28)(H,24,25,27). The molecule has 0 spiro atoms. The highest BCUT2D eigenvalue weighted by Crippen LogP contribution is 2.30. The van der Waals surface area contributed by atoms with Crippen molar-refractivity contribution >= 4 is 45.7 Å². The van der Waals surface area contributed by atoms with E-state index in [9.17, 15) is 22.8 Å². The molecule has 2 N–H and O–H groups in total. The van der Waals surface area contributed by atoms with Crippen LogP contribution in [0.15, 0.2) is 58.9 Å². The van der Waals surface area contributed by atoms with Crippen LogP contribution in [0.2, 0.25) is 0 Å². The van der Waals surface area contributed by atoms with Gasteiger partial charge >= 0.3 is 6.18 Å². The molecule has 3 rings (SSSR count). The van der Waals surface area contributed by atoms with Gasteiger partial charge in [0.05, 0.1) is 17.7 Å². The van der Waals surface area contributed by atoms with Crippen molar-refractivity contribution in [1.82, 2.24) is 10.2 Å². The molecule has 30 heavy (non-hydrogen) atoms. The largest absolute Gasteiger partial charge is 0.416 e. The number of alkyl halides is 3. The summed E-state index contributed by atoms with van der Waals surface area (Å²) in [7, 11) is 0. The number of hydrogen-bond donors (Lipinski definition) is 2. The molecule has 0 saturated heterocycles. The molecule has 1 aromatic heterocycles. The minimum atomic E-state index is -4.43. The zero-order chi connectivity index (χ0) is 21.6. The molecule has 0 atom stereocenters. The number of carbonyl (C=O) groups excluding carboxylic acids is 2. The smallest absolute Gasteiger partial charge is 0.325 e. The summed E-state index contributed by atoms with van der Waals surface area (Å²) in [4.78, 5) is 24.0. The monoisotopic (exact) mass is 452 g/mol. The summed E-state index contributed by atoms with van der Waals surface area (Å²) in [6.45, 7) is 0. The summed E-state index contributed by atoms with van der Waals surface area (Å²) >= 11 is 2.24. The predicted molar refractivity (Wildman–Crippen MR) is 109 cm³/mol. The van der Waals surface area contributed by atoms with E-state index in [1.807, 2.05) is 30.3 Å². The van der Waals surface area contributed by atoms with Gasteiger partial charge in [-0.05, 0) is 29.8 Å². The first-order valence-corrected chi connectivity index (χ1v) is 10.4. The van der Waals surface area contributed by atoms with Crippen LogP contribution in [-0.4, -0.2) is 27.8 Å². The van der Waals surface area contributed by atoms with Crippen LogP contribution < -0.4 is 10.6 Å². The van der Waals surface area contributed by atoms with Gasteiger partial charge < -0.3 is 10.6 Å². The molecule has 0 fully saturated rings. The summed E-state index contributed by atoms with van der Waals surface area (Å²) in [5.74, 6) is -0.633. The maximum absolute atomic E-state index is 12.6. The van der Waals surface area contributed by atoms with E-state index in [1.165, 1.54) is 12.1 Å². The number of nitrogens with zero attached hydrogens (tertiary/aromatic N) is 2. The fourth-order valence-corrected chi connectivity index (χ4v) is 3.90. The van der Waals surface area contributed by atoms with Crippen LogP contribution in [0.1, 0.15) is 11.1 Å². The van der Waals surface area contributed by atoms with E-state index in [0.717, 1.165) is 40.8 Å². The Hall–Kier alpha value is -2.92. The Morgan fingerprint density at radius 3 is 2.30 bits per heavy atom. The van der Waals surface area contributed by atoms with Crippen LogP contribution in [0.25, 0.3) is 0 Å². The van der Waals surface area contributed by atoms with Gasteiger partial charge in [-0.1, -0.05) is 53.4 Å². The Labute approximate surface area is 177 Å². The van der Waals surface area contributed by atoms with E-state index < -0.39 is 17.6 Å². The molecule has 3 aromatic rings. The fraction of sp³-hybridized carbons (Fsp3) is 0.158. The minimum Gasteiger partial charge on any atom is -0.325 e. The molecule has 11 heteroatoms. The SMILES string of the molecule is O=C(CSc1nnc(NC(=O)Cc2ccccc2)s1)Nc1ccc(C(F)(F)F)cc1. The Balaban J connectivity index is 1.45. The molecule has 156 valence electrons. The number of thioether (sulfide) groups is 1. The third-order valence-corrected chi connectivity index (χ3v) is 5.66. The van der Waals surface area contributed by atoms with Crippen molar-refractivity contribution < 1.29 is 22.8 Å². The molecule has 2 aromatic carbocycles. The van der Waals surface area contributed by atoms with E-state index in [1.54, 1.807) is 0 Å². The third-order valence-electron chi connectivity index (χ3n) is 3.68.